The van der Waals surface area contributed by atoms with E-state index in [2.05, 4.69) is 27.1 Å². The second kappa shape index (κ2) is 30.7. The maximum absolute atomic E-state index is 10.9. The fraction of sp³-hybridized carbons (Fsp3) is 0.200. The van der Waals surface area contributed by atoms with Crippen LogP contribution in [0.2, 0.25) is 0 Å². The SMILES string of the molecule is O=P(O)(O)Oc1ccc(C2COc3cc(OP(=O)(O)O)ccc3C2)cc1.O=P(O)(O)Oc1ccc(C2COc3cc(OP(=O)(O)O)ccc3C2O)cc1.O=P(O)(O)Oc1ccc2c(c1)OCC(c1ccc(O)cc1)C2.O=P(O)(O)Oc1ccc2c(c1)OCC(c1ccc(O)cc1)C2O. The van der Waals surface area contributed by atoms with Gasteiger partial charge in [-0.15, -0.1) is 0 Å². The fourth-order valence-electron chi connectivity index (χ4n) is 10.5. The number of phenols is 2. The van der Waals surface area contributed by atoms with E-state index in [9.17, 15) is 47.8 Å². The molecular weight excluding hydrogens is 1420 g/mol. The minimum Gasteiger partial charge on any atom is -0.508 e. The van der Waals surface area contributed by atoms with Gasteiger partial charge in [-0.2, -0.15) is 0 Å². The minimum atomic E-state index is -4.70. The Bertz CT molecular complexity index is 4390. The predicted octanol–water partition coefficient (Wildman–Crippen LogP) is 8.84. The number of aromatic hydroxyl groups is 2. The van der Waals surface area contributed by atoms with E-state index in [0.717, 1.165) is 34.2 Å². The Morgan fingerprint density at radius 3 is 0.857 bits per heavy atom. The average Bonchev–Trinajstić information content (AvgIpc) is 0.800. The maximum Gasteiger partial charge on any atom is 0.524 e. The highest BCUT2D eigenvalue weighted by Gasteiger charge is 2.34. The molecule has 4 aliphatic rings. The van der Waals surface area contributed by atoms with Crippen molar-refractivity contribution in [1.82, 2.24) is 0 Å². The maximum atomic E-state index is 10.9. The number of hydrogen-bond acceptors (Lipinski definition) is 20. The van der Waals surface area contributed by atoms with Crippen LogP contribution in [-0.4, -0.2) is 106 Å². The summed E-state index contributed by atoms with van der Waals surface area (Å²) in [7, 11) is -27.8. The number of rotatable bonds is 16. The van der Waals surface area contributed by atoms with Crippen molar-refractivity contribution >= 4 is 46.9 Å². The van der Waals surface area contributed by atoms with E-state index >= 15 is 0 Å². The standard InChI is InChI=1S/C15H16O10P2.C15H16O9P2.C15H15O7P.C15H15O6P/c16-15-12-6-5-11(25-27(20,21)22)7-14(12)23-8-13(15)9-1-3-10(4-2-9)24-26(17,18)19;16-25(17,18)23-13-4-1-10(2-5-13)12-7-11-3-6-14(24-26(19,20)21)8-15(11)22-9-12;16-10-3-1-9(2-4-10)13-8-21-14-7-11(22-23(18,19)20)5-6-12(14)15(13)17;16-13-4-1-10(2-5-13)12-7-11-3-6-14(21-22(17,18)19)8-15(11)20-9-12/h1-7,13,15-16H,8H2,(H2,17,18,19)(H2,20,21,22);1-6,8,12H,7,9H2,(H2,16,17,18)(H2,19,20,21);1-7,13,15-17H,8H2,(H2,18,19,20);1-6,8,12,16H,7,9H2,(H2,17,18,19). The molecule has 38 heteroatoms. The summed E-state index contributed by atoms with van der Waals surface area (Å²) in [6.07, 6.45) is -0.431. The van der Waals surface area contributed by atoms with Crippen LogP contribution in [-0.2, 0) is 40.2 Å². The Hall–Kier alpha value is -7.82. The molecule has 4 aliphatic heterocycles. The van der Waals surface area contributed by atoms with E-state index in [4.69, 9.17) is 77.7 Å². The number of benzene rings is 8. The lowest BCUT2D eigenvalue weighted by molar-refractivity contribution is 0.0884. The van der Waals surface area contributed by atoms with Crippen molar-refractivity contribution in [3.05, 3.63) is 214 Å². The van der Waals surface area contributed by atoms with Crippen LogP contribution in [0, 0.1) is 0 Å². The second-order valence-corrected chi connectivity index (χ2v) is 28.9. The van der Waals surface area contributed by atoms with Gasteiger partial charge in [0.25, 0.3) is 0 Å². The van der Waals surface area contributed by atoms with Crippen molar-refractivity contribution in [2.45, 2.75) is 48.7 Å². The third kappa shape index (κ3) is 22.1. The molecule has 0 saturated carbocycles. The van der Waals surface area contributed by atoms with Crippen LogP contribution in [0.1, 0.15) is 80.4 Å². The van der Waals surface area contributed by atoms with Crippen LogP contribution in [0.4, 0.5) is 0 Å². The summed E-state index contributed by atoms with van der Waals surface area (Å²) in [4.78, 5) is 106. The normalized spacial score (nSPS) is 18.7. The zero-order valence-electron chi connectivity index (χ0n) is 50.2. The number of phenolic OH excluding ortho intramolecular Hbond substituents is 2. The van der Waals surface area contributed by atoms with Gasteiger partial charge < -0.3 is 66.5 Å². The molecule has 0 amide bonds. The summed E-state index contributed by atoms with van der Waals surface area (Å²) in [6, 6.07) is 43.3. The first-order valence-electron chi connectivity index (χ1n) is 28.5. The van der Waals surface area contributed by atoms with Gasteiger partial charge in [0, 0.05) is 59.1 Å². The summed E-state index contributed by atoms with van der Waals surface area (Å²) in [5, 5.41) is 39.8. The number of hydrogen-bond donors (Lipinski definition) is 16. The van der Waals surface area contributed by atoms with Gasteiger partial charge in [-0.05, 0) is 131 Å². The molecule has 4 heterocycles. The Kier molecular flexibility index (Phi) is 23.3. The molecule has 0 fully saturated rings. The quantitative estimate of drug-likeness (QED) is 0.0401. The summed E-state index contributed by atoms with van der Waals surface area (Å²) in [5.74, 6) is 1.42. The minimum absolute atomic E-state index is 0.0140. The van der Waals surface area contributed by atoms with E-state index in [1.807, 2.05) is 12.1 Å². The molecule has 8 aromatic carbocycles. The Morgan fingerprint density at radius 2 is 0.541 bits per heavy atom. The first kappa shape index (κ1) is 74.4. The second-order valence-electron chi connectivity index (χ2n) is 21.9. The molecule has 0 saturated heterocycles. The number of aliphatic hydroxyl groups is 2. The molecular formula is C60H62O32P6. The molecule has 98 heavy (non-hydrogen) atoms. The molecule has 0 bridgehead atoms. The highest BCUT2D eigenvalue weighted by Crippen LogP contribution is 2.49. The van der Waals surface area contributed by atoms with Gasteiger partial charge in [0.1, 0.15) is 69.0 Å². The lowest BCUT2D eigenvalue weighted by Crippen LogP contribution is -2.24. The number of phosphoric ester groups is 6. The van der Waals surface area contributed by atoms with Crippen molar-refractivity contribution in [1.29, 1.82) is 0 Å². The van der Waals surface area contributed by atoms with Gasteiger partial charge in [-0.25, -0.2) is 27.4 Å². The smallest absolute Gasteiger partial charge is 0.508 e. The molecule has 6 atom stereocenters. The zero-order valence-corrected chi connectivity index (χ0v) is 55.6. The first-order valence-corrected chi connectivity index (χ1v) is 37.7. The molecule has 0 aromatic heterocycles. The average molecular weight is 1480 g/mol. The van der Waals surface area contributed by atoms with Crippen molar-refractivity contribution in [3.63, 3.8) is 0 Å². The largest absolute Gasteiger partial charge is 0.524 e. The van der Waals surface area contributed by atoms with Gasteiger partial charge in [-0.3, -0.25) is 58.7 Å². The topological polar surface area (TPSA) is 518 Å². The Balaban J connectivity index is 0.000000153. The molecule has 0 radical (unpaired) electrons. The van der Waals surface area contributed by atoms with Crippen molar-refractivity contribution in [2.75, 3.05) is 26.4 Å². The van der Waals surface area contributed by atoms with Crippen molar-refractivity contribution in [2.24, 2.45) is 0 Å². The monoisotopic (exact) mass is 1480 g/mol. The summed E-state index contributed by atoms with van der Waals surface area (Å²) < 4.78 is 115. The van der Waals surface area contributed by atoms with Crippen LogP contribution in [0.5, 0.6) is 69.0 Å². The van der Waals surface area contributed by atoms with Crippen LogP contribution in [0.15, 0.2) is 170 Å². The summed E-state index contributed by atoms with van der Waals surface area (Å²) in [6.45, 7) is 1.06. The highest BCUT2D eigenvalue weighted by atomic mass is 31.2. The van der Waals surface area contributed by atoms with E-state index in [-0.39, 0.29) is 82.7 Å². The number of phosphoric acid groups is 6. The third-order valence-corrected chi connectivity index (χ3v) is 17.5. The first-order chi connectivity index (χ1) is 45.8. The molecule has 6 unspecified atom stereocenters. The Morgan fingerprint density at radius 1 is 0.296 bits per heavy atom. The number of fused-ring (bicyclic) bond motifs is 4. The fourth-order valence-corrected chi connectivity index (χ4v) is 12.9. The lowest BCUT2D eigenvalue weighted by Gasteiger charge is -2.31. The molecule has 8 aromatic rings. The van der Waals surface area contributed by atoms with Gasteiger partial charge in [0.15, 0.2) is 0 Å². The molecule has 0 spiro atoms. The summed E-state index contributed by atoms with van der Waals surface area (Å²) >= 11 is 0. The van der Waals surface area contributed by atoms with Crippen molar-refractivity contribution < 1.29 is 153 Å². The van der Waals surface area contributed by atoms with Crippen LogP contribution in [0.25, 0.3) is 0 Å². The van der Waals surface area contributed by atoms with Crippen LogP contribution in [0.3, 0.4) is 0 Å². The van der Waals surface area contributed by atoms with Gasteiger partial charge >= 0.3 is 46.9 Å². The van der Waals surface area contributed by atoms with E-state index in [1.165, 1.54) is 97.1 Å². The zero-order chi connectivity index (χ0) is 71.1. The molecule has 0 aliphatic carbocycles. The van der Waals surface area contributed by atoms with Gasteiger partial charge in [-0.1, -0.05) is 60.7 Å². The number of aliphatic hydroxyl groups excluding tert-OH is 2. The predicted molar refractivity (Wildman–Crippen MR) is 341 cm³/mol. The molecule has 12 rings (SSSR count). The molecule has 32 nitrogen and oxygen atoms in total. The van der Waals surface area contributed by atoms with Gasteiger partial charge in [0.05, 0.1) is 38.6 Å². The van der Waals surface area contributed by atoms with Crippen LogP contribution >= 0.6 is 46.9 Å². The number of ether oxygens (including phenoxy) is 4. The van der Waals surface area contributed by atoms with E-state index in [0.29, 0.717) is 53.6 Å². The summed E-state index contributed by atoms with van der Waals surface area (Å²) in [5.41, 5.74) is 6.17. The lowest BCUT2D eigenvalue weighted by atomic mass is 9.87. The highest BCUT2D eigenvalue weighted by molar-refractivity contribution is 7.48. The van der Waals surface area contributed by atoms with Gasteiger partial charge in [0.2, 0.25) is 0 Å². The molecule has 16 N–H and O–H groups in total. The van der Waals surface area contributed by atoms with Crippen LogP contribution < -0.4 is 46.1 Å². The van der Waals surface area contributed by atoms with E-state index in [1.54, 1.807) is 60.7 Å². The molecule has 524 valence electrons. The van der Waals surface area contributed by atoms with Crippen molar-refractivity contribution in [3.8, 4) is 69.0 Å². The third-order valence-electron chi connectivity index (χ3n) is 14.8. The van der Waals surface area contributed by atoms with E-state index < -0.39 is 65.1 Å². The Labute approximate surface area is 555 Å².